The number of amides is 2. The van der Waals surface area contributed by atoms with Crippen molar-refractivity contribution in [3.05, 3.63) is 16.4 Å². The minimum Gasteiger partial charge on any atom is -0.356 e. The lowest BCUT2D eigenvalue weighted by atomic mass is 9.83. The van der Waals surface area contributed by atoms with Crippen LogP contribution in [-0.2, 0) is 16.1 Å². The molecule has 30 heavy (non-hydrogen) atoms. The third-order valence-electron chi connectivity index (χ3n) is 5.25. The number of aromatic nitrogens is 2. The highest BCUT2D eigenvalue weighted by Gasteiger charge is 2.46. The number of nitriles is 1. The Morgan fingerprint density at radius 1 is 1.50 bits per heavy atom. The average molecular weight is 437 g/mol. The fraction of sp³-hybridized carbons (Fsp3) is 0.650. The number of carbonyl (C=O) groups is 3. The van der Waals surface area contributed by atoms with E-state index in [0.29, 0.717) is 25.2 Å². The van der Waals surface area contributed by atoms with Gasteiger partial charge in [0.25, 0.3) is 0 Å². The van der Waals surface area contributed by atoms with Gasteiger partial charge in [0.2, 0.25) is 17.6 Å². The number of Topliss-reactive ketones (excluding diaryl/α,β-unsaturated/α-hetero) is 1. The fourth-order valence-electron chi connectivity index (χ4n) is 3.73. The maximum absolute atomic E-state index is 13.4. The van der Waals surface area contributed by atoms with E-state index in [0.717, 1.165) is 0 Å². The molecule has 0 aromatic carbocycles. The molecule has 1 aromatic heterocycles. The molecule has 0 saturated carbocycles. The lowest BCUT2D eigenvalue weighted by Gasteiger charge is -2.30. The second-order valence-electron chi connectivity index (χ2n) is 8.13. The van der Waals surface area contributed by atoms with Crippen molar-refractivity contribution < 1.29 is 14.4 Å². The molecule has 2 amide bonds. The van der Waals surface area contributed by atoms with Gasteiger partial charge >= 0.3 is 0 Å². The zero-order chi connectivity index (χ0) is 22.6. The molecular formula is C20H29ClN6O3. The molecule has 4 N–H and O–H groups in total. The summed E-state index contributed by atoms with van der Waals surface area (Å²) < 4.78 is 1.43. The van der Waals surface area contributed by atoms with Gasteiger partial charge in [0.15, 0.2) is 5.54 Å². The lowest BCUT2D eigenvalue weighted by molar-refractivity contribution is -0.127. The van der Waals surface area contributed by atoms with E-state index in [9.17, 15) is 19.6 Å². The zero-order valence-corrected chi connectivity index (χ0v) is 18.5. The Hall–Kier alpha value is -2.44. The standard InChI is InChI=1S/C20H29ClN6O3/c1-5-27-16(15(21)12(4)26-27)17(28)20(23,9-11(2)3)19(30)25-14(10-22)8-13-6-7-24-18(13)29/h11,13-14H,5-9,23H2,1-4H3,(H,24,29)(H,25,30)/t13-,14-,20+/m0/s1. The van der Waals surface area contributed by atoms with Gasteiger partial charge in [-0.25, -0.2) is 0 Å². The van der Waals surface area contributed by atoms with Crippen LogP contribution in [0.1, 0.15) is 56.2 Å². The van der Waals surface area contributed by atoms with Gasteiger partial charge in [-0.3, -0.25) is 19.1 Å². The van der Waals surface area contributed by atoms with Crippen LogP contribution in [0.3, 0.4) is 0 Å². The van der Waals surface area contributed by atoms with Crippen molar-refractivity contribution in [2.24, 2.45) is 17.6 Å². The van der Waals surface area contributed by atoms with Crippen LogP contribution < -0.4 is 16.4 Å². The summed E-state index contributed by atoms with van der Waals surface area (Å²) in [6.45, 7) is 8.09. The van der Waals surface area contributed by atoms with Gasteiger partial charge in [-0.05, 0) is 39.0 Å². The van der Waals surface area contributed by atoms with E-state index >= 15 is 0 Å². The van der Waals surface area contributed by atoms with E-state index in [4.69, 9.17) is 17.3 Å². The first-order valence-electron chi connectivity index (χ1n) is 10.1. The molecule has 1 aliphatic heterocycles. The van der Waals surface area contributed by atoms with Gasteiger partial charge in [-0.2, -0.15) is 10.4 Å². The van der Waals surface area contributed by atoms with Crippen LogP contribution in [0.15, 0.2) is 0 Å². The molecule has 1 saturated heterocycles. The van der Waals surface area contributed by atoms with Crippen LogP contribution in [-0.4, -0.2) is 45.5 Å². The molecule has 0 spiro atoms. The minimum atomic E-state index is -1.93. The second-order valence-corrected chi connectivity index (χ2v) is 8.51. The lowest BCUT2D eigenvalue weighted by Crippen LogP contribution is -2.62. The van der Waals surface area contributed by atoms with E-state index in [1.165, 1.54) is 4.68 Å². The summed E-state index contributed by atoms with van der Waals surface area (Å²) in [6, 6.07) is 1.06. The molecule has 2 heterocycles. The number of aryl methyl sites for hydroxylation is 2. The Labute approximate surface area is 181 Å². The van der Waals surface area contributed by atoms with Crippen LogP contribution in [0.25, 0.3) is 0 Å². The summed E-state index contributed by atoms with van der Waals surface area (Å²) in [5.41, 5.74) is 5.03. The molecule has 0 aliphatic carbocycles. The van der Waals surface area contributed by atoms with Crippen molar-refractivity contribution in [1.29, 1.82) is 5.26 Å². The number of halogens is 1. The smallest absolute Gasteiger partial charge is 0.249 e. The molecule has 2 rings (SSSR count). The van der Waals surface area contributed by atoms with Gasteiger partial charge in [0.05, 0.1) is 16.8 Å². The van der Waals surface area contributed by atoms with E-state index < -0.39 is 23.3 Å². The van der Waals surface area contributed by atoms with Crippen molar-refractivity contribution in [3.63, 3.8) is 0 Å². The maximum atomic E-state index is 13.4. The third kappa shape index (κ3) is 4.82. The molecule has 9 nitrogen and oxygen atoms in total. The summed E-state index contributed by atoms with van der Waals surface area (Å²) >= 11 is 6.31. The fourth-order valence-corrected chi connectivity index (χ4v) is 3.96. The molecule has 3 atom stereocenters. The summed E-state index contributed by atoms with van der Waals surface area (Å²) in [5.74, 6) is -1.98. The molecule has 1 aromatic rings. The molecule has 10 heteroatoms. The molecular weight excluding hydrogens is 408 g/mol. The highest BCUT2D eigenvalue weighted by molar-refractivity contribution is 6.35. The number of nitrogens with one attached hydrogen (secondary N) is 2. The van der Waals surface area contributed by atoms with E-state index in [-0.39, 0.29) is 41.3 Å². The van der Waals surface area contributed by atoms with Gasteiger partial charge < -0.3 is 16.4 Å². The quantitative estimate of drug-likeness (QED) is 0.393. The number of hydrogen-bond acceptors (Lipinski definition) is 6. The molecule has 0 bridgehead atoms. The summed E-state index contributed by atoms with van der Waals surface area (Å²) in [7, 11) is 0. The number of nitrogens with two attached hydrogens (primary N) is 1. The van der Waals surface area contributed by atoms with Crippen molar-refractivity contribution >= 4 is 29.2 Å². The highest BCUT2D eigenvalue weighted by atomic mass is 35.5. The van der Waals surface area contributed by atoms with Crippen LogP contribution in [0.2, 0.25) is 5.02 Å². The Morgan fingerprint density at radius 2 is 2.17 bits per heavy atom. The number of ketones is 1. The van der Waals surface area contributed by atoms with Crippen molar-refractivity contribution in [2.45, 2.75) is 65.1 Å². The van der Waals surface area contributed by atoms with Crippen molar-refractivity contribution in [2.75, 3.05) is 6.54 Å². The van der Waals surface area contributed by atoms with Crippen LogP contribution in [0, 0.1) is 30.1 Å². The Bertz CT molecular complexity index is 875. The van der Waals surface area contributed by atoms with E-state index in [2.05, 4.69) is 15.7 Å². The summed E-state index contributed by atoms with van der Waals surface area (Å²) in [4.78, 5) is 38.4. The Balaban J connectivity index is 2.32. The van der Waals surface area contributed by atoms with Gasteiger partial charge in [0.1, 0.15) is 11.7 Å². The Morgan fingerprint density at radius 3 is 2.67 bits per heavy atom. The van der Waals surface area contributed by atoms with E-state index in [1.54, 1.807) is 13.8 Å². The van der Waals surface area contributed by atoms with Gasteiger partial charge in [0, 0.05) is 19.0 Å². The Kier molecular flexibility index (Phi) is 7.61. The van der Waals surface area contributed by atoms with Gasteiger partial charge in [-0.1, -0.05) is 25.4 Å². The number of carbonyl (C=O) groups excluding carboxylic acids is 3. The van der Waals surface area contributed by atoms with Gasteiger partial charge in [-0.15, -0.1) is 0 Å². The van der Waals surface area contributed by atoms with Crippen LogP contribution >= 0.6 is 11.6 Å². The van der Waals surface area contributed by atoms with Crippen molar-refractivity contribution in [3.8, 4) is 6.07 Å². The number of hydrogen-bond donors (Lipinski definition) is 3. The maximum Gasteiger partial charge on any atom is 0.249 e. The normalized spacial score (nSPS) is 19.1. The predicted octanol–water partition coefficient (Wildman–Crippen LogP) is 1.33. The zero-order valence-electron chi connectivity index (χ0n) is 17.8. The summed E-state index contributed by atoms with van der Waals surface area (Å²) in [6.07, 6.45) is 0.812. The second kappa shape index (κ2) is 9.58. The van der Waals surface area contributed by atoms with E-state index in [1.807, 2.05) is 19.9 Å². The average Bonchev–Trinajstić information content (AvgIpc) is 3.22. The molecule has 164 valence electrons. The van der Waals surface area contributed by atoms with Crippen LogP contribution in [0.5, 0.6) is 0 Å². The number of rotatable bonds is 9. The topological polar surface area (TPSA) is 143 Å². The molecule has 1 fully saturated rings. The SMILES string of the molecule is CCn1nc(C)c(Cl)c1C(=O)[C@](N)(CC(C)C)C(=O)N[C@H](C#N)C[C@@H]1CCNC1=O. The number of nitrogens with zero attached hydrogens (tertiary/aromatic N) is 3. The summed E-state index contributed by atoms with van der Waals surface area (Å²) in [5, 5.41) is 19.2. The minimum absolute atomic E-state index is 0.0595. The highest BCUT2D eigenvalue weighted by Crippen LogP contribution is 2.28. The third-order valence-corrected chi connectivity index (χ3v) is 5.71. The first kappa shape index (κ1) is 23.8. The van der Waals surface area contributed by atoms with Crippen LogP contribution in [0.4, 0.5) is 0 Å². The first-order valence-corrected chi connectivity index (χ1v) is 10.5. The molecule has 1 aliphatic rings. The first-order chi connectivity index (χ1) is 14.0. The monoisotopic (exact) mass is 436 g/mol. The largest absolute Gasteiger partial charge is 0.356 e. The predicted molar refractivity (Wildman–Crippen MR) is 112 cm³/mol. The van der Waals surface area contributed by atoms with Crippen molar-refractivity contribution in [1.82, 2.24) is 20.4 Å². The molecule has 0 unspecified atom stereocenters. The molecule has 0 radical (unpaired) electrons.